The molecule has 0 aromatic carbocycles. The van der Waals surface area contributed by atoms with Gasteiger partial charge >= 0.3 is 0 Å². The van der Waals surface area contributed by atoms with Crippen LogP contribution in [0.3, 0.4) is 0 Å². The zero-order valence-electron chi connectivity index (χ0n) is 12.6. The topological polar surface area (TPSA) is 32.3 Å². The number of hydrogen-bond acceptors (Lipinski definition) is 2. The van der Waals surface area contributed by atoms with E-state index in [1.165, 1.54) is 25.7 Å². The van der Waals surface area contributed by atoms with Gasteiger partial charge in [-0.25, -0.2) is 0 Å². The number of nitrogens with one attached hydrogen (secondary N) is 1. The van der Waals surface area contributed by atoms with Crippen molar-refractivity contribution in [3.63, 3.8) is 0 Å². The smallest absolute Gasteiger partial charge is 0.0771 e. The van der Waals surface area contributed by atoms with E-state index in [0.717, 1.165) is 31.2 Å². The van der Waals surface area contributed by atoms with Crippen molar-refractivity contribution >= 4 is 0 Å². The fraction of sp³-hybridized carbons (Fsp3) is 1.00. The molecule has 18 heavy (non-hydrogen) atoms. The van der Waals surface area contributed by atoms with Crippen LogP contribution in [0, 0.1) is 17.3 Å². The van der Waals surface area contributed by atoms with E-state index in [2.05, 4.69) is 33.0 Å². The molecule has 2 aliphatic rings. The maximum absolute atomic E-state index is 10.6. The zero-order valence-corrected chi connectivity index (χ0v) is 12.6. The molecule has 106 valence electrons. The molecular weight excluding hydrogens is 222 g/mol. The first-order valence-electron chi connectivity index (χ1n) is 7.75. The van der Waals surface area contributed by atoms with Gasteiger partial charge in [0.25, 0.3) is 0 Å². The molecule has 2 fully saturated rings. The van der Waals surface area contributed by atoms with Crippen LogP contribution >= 0.6 is 0 Å². The summed E-state index contributed by atoms with van der Waals surface area (Å²) in [6.07, 6.45) is 6.88. The Kier molecular flexibility index (Phi) is 4.08. The molecule has 0 aromatic rings. The molecule has 0 aromatic heterocycles. The van der Waals surface area contributed by atoms with Crippen LogP contribution in [-0.4, -0.2) is 23.3 Å². The Balaban J connectivity index is 1.81. The molecule has 0 saturated heterocycles. The maximum Gasteiger partial charge on any atom is 0.0771 e. The van der Waals surface area contributed by atoms with Gasteiger partial charge in [-0.15, -0.1) is 0 Å². The monoisotopic (exact) mass is 253 g/mol. The van der Waals surface area contributed by atoms with Crippen LogP contribution in [0.5, 0.6) is 0 Å². The summed E-state index contributed by atoms with van der Waals surface area (Å²) < 4.78 is 0. The lowest BCUT2D eigenvalue weighted by Gasteiger charge is -2.36. The molecule has 2 N–H and O–H groups in total. The van der Waals surface area contributed by atoms with E-state index in [1.807, 2.05) is 0 Å². The van der Waals surface area contributed by atoms with Crippen LogP contribution < -0.4 is 5.32 Å². The third-order valence-electron chi connectivity index (χ3n) is 5.23. The maximum atomic E-state index is 10.6. The van der Waals surface area contributed by atoms with Crippen molar-refractivity contribution in [3.8, 4) is 0 Å². The van der Waals surface area contributed by atoms with E-state index >= 15 is 0 Å². The minimum atomic E-state index is -0.432. The standard InChI is InChI=1S/C16H31NO/c1-12-5-7-16(18,8-6-12)11-17-14-10-15(3,4)9-13(14)2/h12-14,17-18H,5-11H2,1-4H3. The van der Waals surface area contributed by atoms with Crippen LogP contribution in [0.2, 0.25) is 0 Å². The van der Waals surface area contributed by atoms with Crippen molar-refractivity contribution in [2.75, 3.05) is 6.54 Å². The van der Waals surface area contributed by atoms with Crippen LogP contribution in [0.4, 0.5) is 0 Å². The largest absolute Gasteiger partial charge is 0.389 e. The van der Waals surface area contributed by atoms with Gasteiger partial charge in [0, 0.05) is 12.6 Å². The van der Waals surface area contributed by atoms with Gasteiger partial charge in [0.1, 0.15) is 0 Å². The van der Waals surface area contributed by atoms with Gasteiger partial charge in [-0.05, 0) is 55.8 Å². The second kappa shape index (κ2) is 5.13. The first-order chi connectivity index (χ1) is 8.30. The Morgan fingerprint density at radius 3 is 2.22 bits per heavy atom. The molecule has 2 rings (SSSR count). The second-order valence-electron chi connectivity index (χ2n) is 7.94. The lowest BCUT2D eigenvalue weighted by molar-refractivity contribution is -0.00899. The third kappa shape index (κ3) is 3.48. The summed E-state index contributed by atoms with van der Waals surface area (Å²) in [6, 6.07) is 0.600. The van der Waals surface area contributed by atoms with Crippen molar-refractivity contribution in [2.24, 2.45) is 17.3 Å². The van der Waals surface area contributed by atoms with Gasteiger partial charge in [-0.3, -0.25) is 0 Å². The summed E-state index contributed by atoms with van der Waals surface area (Å²) in [6.45, 7) is 10.2. The number of hydrogen-bond donors (Lipinski definition) is 2. The highest BCUT2D eigenvalue weighted by molar-refractivity contribution is 4.94. The Labute approximate surface area is 113 Å². The SMILES string of the molecule is CC1CCC(O)(CNC2CC(C)(C)CC2C)CC1. The molecule has 0 radical (unpaired) electrons. The van der Waals surface area contributed by atoms with Gasteiger partial charge < -0.3 is 10.4 Å². The van der Waals surface area contributed by atoms with E-state index in [9.17, 15) is 5.11 Å². The molecule has 0 bridgehead atoms. The van der Waals surface area contributed by atoms with Crippen molar-refractivity contribution in [1.29, 1.82) is 0 Å². The molecule has 2 saturated carbocycles. The first-order valence-corrected chi connectivity index (χ1v) is 7.75. The summed E-state index contributed by atoms with van der Waals surface area (Å²) in [4.78, 5) is 0. The molecule has 0 aliphatic heterocycles. The molecule has 0 heterocycles. The van der Waals surface area contributed by atoms with E-state index < -0.39 is 5.60 Å². The summed E-state index contributed by atoms with van der Waals surface area (Å²) in [7, 11) is 0. The van der Waals surface area contributed by atoms with Crippen molar-refractivity contribution < 1.29 is 5.11 Å². The van der Waals surface area contributed by atoms with Crippen LogP contribution in [-0.2, 0) is 0 Å². The minimum Gasteiger partial charge on any atom is -0.389 e. The fourth-order valence-corrected chi connectivity index (χ4v) is 3.96. The molecule has 2 aliphatic carbocycles. The molecule has 2 nitrogen and oxygen atoms in total. The molecule has 2 unspecified atom stereocenters. The first kappa shape index (κ1) is 14.3. The summed E-state index contributed by atoms with van der Waals surface area (Å²) in [5.41, 5.74) is 0.0414. The Bertz CT molecular complexity index is 279. The normalized spacial score (nSPS) is 44.2. The van der Waals surface area contributed by atoms with E-state index in [-0.39, 0.29) is 0 Å². The van der Waals surface area contributed by atoms with Gasteiger partial charge in [0.05, 0.1) is 5.60 Å². The highest BCUT2D eigenvalue weighted by atomic mass is 16.3. The van der Waals surface area contributed by atoms with Gasteiger partial charge in [-0.2, -0.15) is 0 Å². The van der Waals surface area contributed by atoms with Crippen molar-refractivity contribution in [3.05, 3.63) is 0 Å². The Hall–Kier alpha value is -0.0800. The van der Waals surface area contributed by atoms with Gasteiger partial charge in [-0.1, -0.05) is 27.7 Å². The predicted molar refractivity (Wildman–Crippen MR) is 76.6 cm³/mol. The highest BCUT2D eigenvalue weighted by Gasteiger charge is 2.38. The lowest BCUT2D eigenvalue weighted by Crippen LogP contribution is -2.47. The van der Waals surface area contributed by atoms with Crippen LogP contribution in [0.15, 0.2) is 0 Å². The number of aliphatic hydroxyl groups is 1. The van der Waals surface area contributed by atoms with E-state index in [1.54, 1.807) is 0 Å². The molecule has 2 atom stereocenters. The van der Waals surface area contributed by atoms with Gasteiger partial charge in [0.2, 0.25) is 0 Å². The average molecular weight is 253 g/mol. The molecule has 0 spiro atoms. The summed E-state index contributed by atoms with van der Waals surface area (Å²) >= 11 is 0. The van der Waals surface area contributed by atoms with Crippen LogP contribution in [0.25, 0.3) is 0 Å². The quantitative estimate of drug-likeness (QED) is 0.808. The lowest BCUT2D eigenvalue weighted by atomic mass is 9.79. The average Bonchev–Trinajstić information content (AvgIpc) is 2.54. The molecule has 0 amide bonds. The fourth-order valence-electron chi connectivity index (χ4n) is 3.96. The minimum absolute atomic E-state index is 0.432. The van der Waals surface area contributed by atoms with Crippen LogP contribution in [0.1, 0.15) is 66.2 Å². The Morgan fingerprint density at radius 2 is 1.72 bits per heavy atom. The van der Waals surface area contributed by atoms with E-state index in [0.29, 0.717) is 11.5 Å². The highest BCUT2D eigenvalue weighted by Crippen LogP contribution is 2.41. The summed E-state index contributed by atoms with van der Waals surface area (Å²) in [5.74, 6) is 1.54. The van der Waals surface area contributed by atoms with Crippen molar-refractivity contribution in [2.45, 2.75) is 77.9 Å². The molecule has 2 heteroatoms. The second-order valence-corrected chi connectivity index (χ2v) is 7.94. The number of rotatable bonds is 3. The zero-order chi connectivity index (χ0) is 13.4. The third-order valence-corrected chi connectivity index (χ3v) is 5.23. The Morgan fingerprint density at radius 1 is 1.11 bits per heavy atom. The molecular formula is C16H31NO. The predicted octanol–water partition coefficient (Wildman–Crippen LogP) is 3.34. The van der Waals surface area contributed by atoms with Crippen molar-refractivity contribution in [1.82, 2.24) is 5.32 Å². The van der Waals surface area contributed by atoms with E-state index in [4.69, 9.17) is 0 Å². The van der Waals surface area contributed by atoms with Gasteiger partial charge in [0.15, 0.2) is 0 Å². The summed E-state index contributed by atoms with van der Waals surface area (Å²) in [5, 5.41) is 14.3.